The molecule has 0 aliphatic heterocycles. The SMILES string of the molecule is C=C[C@H]([C@@H](O)C[C@@H](C)[C@@H](OC(C)=O)[C@@H](C(=O)NC(C)(C)C)N(C)C(=O)C(C)(C)C)[Si](C)(C)C. The molecule has 2 N–H and O–H groups in total. The maximum Gasteiger partial charge on any atom is 0.303 e. The lowest BCUT2D eigenvalue weighted by Crippen LogP contribution is -2.61. The molecule has 0 bridgehead atoms. The molecule has 0 aliphatic rings. The number of aliphatic hydroxyl groups excluding tert-OH is 1. The van der Waals surface area contributed by atoms with Gasteiger partial charge in [0, 0.05) is 24.9 Å². The van der Waals surface area contributed by atoms with Crippen molar-refractivity contribution in [1.29, 1.82) is 0 Å². The summed E-state index contributed by atoms with van der Waals surface area (Å²) < 4.78 is 5.67. The molecule has 0 rings (SSSR count). The summed E-state index contributed by atoms with van der Waals surface area (Å²) in [7, 11) is -0.184. The topological polar surface area (TPSA) is 95.9 Å². The van der Waals surface area contributed by atoms with Gasteiger partial charge in [-0.25, -0.2) is 0 Å². The standard InChI is InChI=1S/C25H48N2O5Si/c1-14-19(33(11,12)13)18(29)15-16(2)21(32-17(3)28)20(22(30)26-25(7,8)9)27(10)23(31)24(4,5)6/h14,16,18-21,29H,1,15H2,2-13H3,(H,26,30)/t16-,18+,19-,20+,21-/m1/s1. The van der Waals surface area contributed by atoms with E-state index in [0.29, 0.717) is 6.42 Å². The first-order valence-electron chi connectivity index (χ1n) is 11.7. The Morgan fingerprint density at radius 1 is 1.12 bits per heavy atom. The lowest BCUT2D eigenvalue weighted by molar-refractivity contribution is -0.163. The van der Waals surface area contributed by atoms with E-state index in [9.17, 15) is 19.5 Å². The third kappa shape index (κ3) is 10.0. The molecule has 5 atom stereocenters. The van der Waals surface area contributed by atoms with Gasteiger partial charge in [-0.05, 0) is 38.7 Å². The van der Waals surface area contributed by atoms with Crippen molar-refractivity contribution in [2.24, 2.45) is 11.3 Å². The van der Waals surface area contributed by atoms with Gasteiger partial charge in [0.25, 0.3) is 0 Å². The van der Waals surface area contributed by atoms with E-state index in [1.54, 1.807) is 33.9 Å². The van der Waals surface area contributed by atoms with Crippen LogP contribution in [0.4, 0.5) is 0 Å². The molecule has 0 aliphatic carbocycles. The molecule has 8 heteroatoms. The van der Waals surface area contributed by atoms with E-state index in [1.165, 1.54) is 11.8 Å². The van der Waals surface area contributed by atoms with Gasteiger partial charge in [-0.3, -0.25) is 14.4 Å². The fourth-order valence-electron chi connectivity index (χ4n) is 4.08. The van der Waals surface area contributed by atoms with E-state index < -0.39 is 55.1 Å². The fourth-order valence-corrected chi connectivity index (χ4v) is 6.07. The smallest absolute Gasteiger partial charge is 0.303 e. The molecular formula is C25H48N2O5Si. The van der Waals surface area contributed by atoms with E-state index in [0.717, 1.165) is 0 Å². The largest absolute Gasteiger partial charge is 0.459 e. The molecule has 2 amide bonds. The highest BCUT2D eigenvalue weighted by Crippen LogP contribution is 2.33. The molecule has 0 radical (unpaired) electrons. The second-order valence-corrected chi connectivity index (χ2v) is 17.7. The molecule has 0 aromatic rings. The number of hydrogen-bond acceptors (Lipinski definition) is 5. The number of nitrogens with one attached hydrogen (secondary N) is 1. The molecule has 0 saturated carbocycles. The molecule has 0 aromatic heterocycles. The van der Waals surface area contributed by atoms with Gasteiger partial charge in [0.15, 0.2) is 0 Å². The van der Waals surface area contributed by atoms with Gasteiger partial charge >= 0.3 is 5.97 Å². The number of likely N-dealkylation sites (N-methyl/N-ethyl adjacent to an activating group) is 1. The molecule has 0 fully saturated rings. The average Bonchev–Trinajstić information content (AvgIpc) is 2.56. The monoisotopic (exact) mass is 484 g/mol. The lowest BCUT2D eigenvalue weighted by Gasteiger charge is -2.40. The zero-order valence-corrected chi connectivity index (χ0v) is 23.9. The Balaban J connectivity index is 6.33. The Morgan fingerprint density at radius 3 is 1.94 bits per heavy atom. The van der Waals surface area contributed by atoms with Crippen LogP contribution in [0.5, 0.6) is 0 Å². The van der Waals surface area contributed by atoms with Crippen LogP contribution in [0.3, 0.4) is 0 Å². The zero-order valence-electron chi connectivity index (χ0n) is 22.9. The molecular weight excluding hydrogens is 436 g/mol. The molecule has 7 nitrogen and oxygen atoms in total. The quantitative estimate of drug-likeness (QED) is 0.278. The number of esters is 1. The van der Waals surface area contributed by atoms with Gasteiger partial charge in [-0.2, -0.15) is 0 Å². The average molecular weight is 485 g/mol. The number of aliphatic hydroxyl groups is 1. The molecule has 0 spiro atoms. The van der Waals surface area contributed by atoms with Crippen LogP contribution < -0.4 is 5.32 Å². The van der Waals surface area contributed by atoms with E-state index in [2.05, 4.69) is 31.5 Å². The summed E-state index contributed by atoms with van der Waals surface area (Å²) >= 11 is 0. The van der Waals surface area contributed by atoms with E-state index in [-0.39, 0.29) is 11.4 Å². The molecule has 33 heavy (non-hydrogen) atoms. The molecule has 0 saturated heterocycles. The van der Waals surface area contributed by atoms with Crippen LogP contribution in [0.2, 0.25) is 25.2 Å². The lowest BCUT2D eigenvalue weighted by atomic mass is 9.87. The Hall–Kier alpha value is -1.67. The molecule has 0 heterocycles. The van der Waals surface area contributed by atoms with E-state index in [4.69, 9.17) is 4.74 Å². The highest BCUT2D eigenvalue weighted by atomic mass is 28.3. The Bertz CT molecular complexity index is 703. The highest BCUT2D eigenvalue weighted by Gasteiger charge is 2.44. The van der Waals surface area contributed by atoms with Crippen molar-refractivity contribution in [2.75, 3.05) is 7.05 Å². The van der Waals surface area contributed by atoms with Crippen LogP contribution in [0.15, 0.2) is 12.7 Å². The number of hydrogen-bond donors (Lipinski definition) is 2. The Labute approximate surface area is 202 Å². The summed E-state index contributed by atoms with van der Waals surface area (Å²) in [5, 5.41) is 14.0. The zero-order chi connectivity index (χ0) is 26.5. The Morgan fingerprint density at radius 2 is 1.61 bits per heavy atom. The third-order valence-electron chi connectivity index (χ3n) is 5.60. The van der Waals surface area contributed by atoms with Crippen molar-refractivity contribution in [3.63, 3.8) is 0 Å². The number of rotatable bonds is 10. The first-order chi connectivity index (χ1) is 14.6. The minimum Gasteiger partial charge on any atom is -0.459 e. The van der Waals surface area contributed by atoms with Crippen LogP contribution >= 0.6 is 0 Å². The van der Waals surface area contributed by atoms with Crippen molar-refractivity contribution in [1.82, 2.24) is 10.2 Å². The Kier molecular flexibility index (Phi) is 11.1. The minimum absolute atomic E-state index is 0.0614. The number of amides is 2. The van der Waals surface area contributed by atoms with E-state index >= 15 is 0 Å². The number of ether oxygens (including phenoxy) is 1. The summed E-state index contributed by atoms with van der Waals surface area (Å²) in [6, 6.07) is -1.05. The highest BCUT2D eigenvalue weighted by molar-refractivity contribution is 6.78. The molecule has 0 unspecified atom stereocenters. The summed E-state index contributed by atoms with van der Waals surface area (Å²) in [5.41, 5.74) is -1.34. The van der Waals surface area contributed by atoms with Gasteiger partial charge in [-0.1, -0.05) is 53.4 Å². The summed E-state index contributed by atoms with van der Waals surface area (Å²) in [5.74, 6) is -1.58. The van der Waals surface area contributed by atoms with Gasteiger partial charge < -0.3 is 20.1 Å². The van der Waals surface area contributed by atoms with Crippen LogP contribution in [0.25, 0.3) is 0 Å². The predicted molar refractivity (Wildman–Crippen MR) is 137 cm³/mol. The second-order valence-electron chi connectivity index (χ2n) is 12.3. The summed E-state index contributed by atoms with van der Waals surface area (Å²) in [6.45, 7) is 24.4. The maximum absolute atomic E-state index is 13.4. The van der Waals surface area contributed by atoms with Gasteiger partial charge in [0.2, 0.25) is 11.8 Å². The van der Waals surface area contributed by atoms with Crippen molar-refractivity contribution in [2.45, 2.75) is 111 Å². The molecule has 0 aromatic carbocycles. The van der Waals surface area contributed by atoms with Gasteiger partial charge in [-0.15, -0.1) is 6.58 Å². The second kappa shape index (κ2) is 11.6. The maximum atomic E-state index is 13.4. The van der Waals surface area contributed by atoms with Crippen LogP contribution in [-0.4, -0.2) is 66.7 Å². The third-order valence-corrected chi connectivity index (χ3v) is 8.22. The van der Waals surface area contributed by atoms with Crippen LogP contribution in [-0.2, 0) is 19.1 Å². The minimum atomic E-state index is -1.75. The van der Waals surface area contributed by atoms with E-state index in [1.807, 2.05) is 27.7 Å². The number of nitrogens with zero attached hydrogens (tertiary/aromatic N) is 1. The van der Waals surface area contributed by atoms with Crippen LogP contribution in [0.1, 0.15) is 61.8 Å². The first-order valence-corrected chi connectivity index (χ1v) is 15.3. The van der Waals surface area contributed by atoms with Gasteiger partial charge in [0.05, 0.1) is 14.2 Å². The number of carbonyl (C=O) groups excluding carboxylic acids is 3. The normalized spacial score (nSPS) is 17.2. The van der Waals surface area contributed by atoms with Crippen molar-refractivity contribution in [3.8, 4) is 0 Å². The summed E-state index contributed by atoms with van der Waals surface area (Å²) in [6.07, 6.45) is 0.472. The first kappa shape index (κ1) is 31.3. The summed E-state index contributed by atoms with van der Waals surface area (Å²) in [4.78, 5) is 40.0. The molecule has 192 valence electrons. The van der Waals surface area contributed by atoms with Gasteiger partial charge in [0.1, 0.15) is 12.1 Å². The van der Waals surface area contributed by atoms with Crippen molar-refractivity contribution < 1.29 is 24.2 Å². The van der Waals surface area contributed by atoms with Crippen molar-refractivity contribution >= 4 is 25.9 Å². The predicted octanol–water partition coefficient (Wildman–Crippen LogP) is 3.99. The number of carbonyl (C=O) groups is 3. The fraction of sp³-hybridized carbons (Fsp3) is 0.800. The van der Waals surface area contributed by atoms with Crippen molar-refractivity contribution in [3.05, 3.63) is 12.7 Å². The van der Waals surface area contributed by atoms with Crippen LogP contribution in [0, 0.1) is 11.3 Å².